The highest BCUT2D eigenvalue weighted by Crippen LogP contribution is 2.40. The lowest BCUT2D eigenvalue weighted by atomic mass is 9.85. The summed E-state index contributed by atoms with van der Waals surface area (Å²) in [6.45, 7) is 1.90. The molecule has 0 saturated carbocycles. The molecular formula is C27H25ClN2O6. The molecule has 0 N–H and O–H groups in total. The van der Waals surface area contributed by atoms with E-state index in [4.69, 9.17) is 21.1 Å². The molecule has 8 nitrogen and oxygen atoms in total. The van der Waals surface area contributed by atoms with Gasteiger partial charge >= 0.3 is 5.97 Å². The fraction of sp³-hybridized carbons (Fsp3) is 0.333. The van der Waals surface area contributed by atoms with Gasteiger partial charge in [-0.1, -0.05) is 23.8 Å². The lowest BCUT2D eigenvalue weighted by Crippen LogP contribution is -2.31. The molecule has 3 amide bonds. The maximum absolute atomic E-state index is 12.9. The number of nitrogens with zero attached hydrogens (tertiary/aromatic N) is 2. The van der Waals surface area contributed by atoms with Crippen LogP contribution in [0.4, 0.5) is 11.4 Å². The van der Waals surface area contributed by atoms with Gasteiger partial charge in [-0.3, -0.25) is 19.2 Å². The second-order valence-corrected chi connectivity index (χ2v) is 9.70. The number of carbonyl (C=O) groups is 4. The number of fused-ring (bicyclic) bond motifs is 1. The van der Waals surface area contributed by atoms with Crippen LogP contribution in [0.1, 0.15) is 24.8 Å². The van der Waals surface area contributed by atoms with Crippen LogP contribution < -0.4 is 19.3 Å². The van der Waals surface area contributed by atoms with Crippen molar-refractivity contribution in [1.82, 2.24) is 0 Å². The summed E-state index contributed by atoms with van der Waals surface area (Å²) in [4.78, 5) is 54.2. The number of anilines is 2. The molecule has 3 aliphatic rings. The molecule has 2 aliphatic heterocycles. The predicted molar refractivity (Wildman–Crippen MR) is 133 cm³/mol. The number of allylic oxidation sites excluding steroid dienone is 2. The Bertz CT molecular complexity index is 1280. The molecule has 9 heteroatoms. The van der Waals surface area contributed by atoms with Crippen LogP contribution in [0.25, 0.3) is 0 Å². The normalized spacial score (nSPS) is 23.3. The average molecular weight is 509 g/mol. The third kappa shape index (κ3) is 4.15. The largest absolute Gasteiger partial charge is 0.495 e. The molecule has 0 bridgehead atoms. The molecule has 2 saturated heterocycles. The molecular weight excluding hydrogens is 484 g/mol. The summed E-state index contributed by atoms with van der Waals surface area (Å²) >= 11 is 6.10. The molecule has 2 fully saturated rings. The molecule has 2 heterocycles. The zero-order chi connectivity index (χ0) is 25.6. The number of methoxy groups -OCH3 is 1. The standard InChI is InChI=1S/C27H25ClN2O6/c1-15-11-18(8-9-21(15)30-25(32)19-5-3-4-6-20(19)26(30)33)36-27(34)16-12-24(31)29(14-16)22-13-17(28)7-10-23(22)35-2/h3-4,7-11,13,16,19-20H,5-6,12,14H2,1-2H3/t16-,19-,20-/m1/s1. The number of ether oxygens (including phenoxy) is 2. The fourth-order valence-corrected chi connectivity index (χ4v) is 5.32. The van der Waals surface area contributed by atoms with Crippen LogP contribution in [-0.4, -0.2) is 37.3 Å². The first-order valence-corrected chi connectivity index (χ1v) is 12.2. The summed E-state index contributed by atoms with van der Waals surface area (Å²) in [5.41, 5.74) is 1.64. The number of hydrogen-bond acceptors (Lipinski definition) is 6. The minimum atomic E-state index is -0.668. The smallest absolute Gasteiger partial charge is 0.316 e. The van der Waals surface area contributed by atoms with Crippen molar-refractivity contribution in [3.63, 3.8) is 0 Å². The Kier molecular flexibility index (Phi) is 6.30. The molecule has 0 spiro atoms. The Morgan fingerprint density at radius 3 is 2.31 bits per heavy atom. The van der Waals surface area contributed by atoms with Gasteiger partial charge < -0.3 is 14.4 Å². The van der Waals surface area contributed by atoms with E-state index in [1.807, 2.05) is 12.2 Å². The second kappa shape index (κ2) is 9.43. The molecule has 1 aliphatic carbocycles. The van der Waals surface area contributed by atoms with Crippen molar-refractivity contribution in [2.75, 3.05) is 23.5 Å². The van der Waals surface area contributed by atoms with Gasteiger partial charge in [-0.05, 0) is 61.7 Å². The van der Waals surface area contributed by atoms with Gasteiger partial charge in [0, 0.05) is 18.0 Å². The minimum Gasteiger partial charge on any atom is -0.495 e. The van der Waals surface area contributed by atoms with Crippen LogP contribution in [0.2, 0.25) is 5.02 Å². The Morgan fingerprint density at radius 2 is 1.67 bits per heavy atom. The summed E-state index contributed by atoms with van der Waals surface area (Å²) in [6.07, 6.45) is 5.03. The van der Waals surface area contributed by atoms with Crippen molar-refractivity contribution in [2.45, 2.75) is 26.2 Å². The molecule has 2 aromatic carbocycles. The van der Waals surface area contributed by atoms with E-state index in [0.717, 1.165) is 0 Å². The summed E-state index contributed by atoms with van der Waals surface area (Å²) in [6, 6.07) is 9.78. The van der Waals surface area contributed by atoms with Gasteiger partial charge in [0.1, 0.15) is 11.5 Å². The van der Waals surface area contributed by atoms with Crippen LogP contribution in [-0.2, 0) is 19.2 Å². The molecule has 0 unspecified atom stereocenters. The fourth-order valence-electron chi connectivity index (χ4n) is 5.15. The number of carbonyl (C=O) groups excluding carboxylic acids is 4. The summed E-state index contributed by atoms with van der Waals surface area (Å²) < 4.78 is 10.9. The third-order valence-electron chi connectivity index (χ3n) is 7.03. The van der Waals surface area contributed by atoms with Crippen molar-refractivity contribution in [1.29, 1.82) is 0 Å². The van der Waals surface area contributed by atoms with E-state index in [9.17, 15) is 19.2 Å². The topological polar surface area (TPSA) is 93.2 Å². The number of benzene rings is 2. The summed E-state index contributed by atoms with van der Waals surface area (Å²) in [5, 5.41) is 0.450. The zero-order valence-corrected chi connectivity index (χ0v) is 20.7. The van der Waals surface area contributed by atoms with E-state index in [2.05, 4.69) is 0 Å². The first-order valence-electron chi connectivity index (χ1n) is 11.8. The lowest BCUT2D eigenvalue weighted by Gasteiger charge is -2.20. The zero-order valence-electron chi connectivity index (χ0n) is 19.9. The first-order chi connectivity index (χ1) is 17.3. The number of halogens is 1. The number of hydrogen-bond donors (Lipinski definition) is 0. The maximum atomic E-state index is 12.9. The maximum Gasteiger partial charge on any atom is 0.316 e. The molecule has 36 heavy (non-hydrogen) atoms. The van der Waals surface area contributed by atoms with Crippen LogP contribution in [0.5, 0.6) is 11.5 Å². The van der Waals surface area contributed by atoms with Crippen LogP contribution in [0.3, 0.4) is 0 Å². The van der Waals surface area contributed by atoms with Crippen molar-refractivity contribution >= 4 is 46.7 Å². The monoisotopic (exact) mass is 508 g/mol. The molecule has 0 radical (unpaired) electrons. The molecule has 0 aromatic heterocycles. The van der Waals surface area contributed by atoms with E-state index in [-0.39, 0.29) is 48.3 Å². The SMILES string of the molecule is COc1ccc(Cl)cc1N1C[C@H](C(=O)Oc2ccc(N3C(=O)[C@@H]4CC=CC[C@H]4C3=O)c(C)c2)CC1=O. The van der Waals surface area contributed by atoms with Crippen molar-refractivity contribution < 1.29 is 28.7 Å². The molecule has 5 rings (SSSR count). The van der Waals surface area contributed by atoms with Crippen molar-refractivity contribution in [3.8, 4) is 11.5 Å². The predicted octanol–water partition coefficient (Wildman–Crippen LogP) is 4.07. The van der Waals surface area contributed by atoms with E-state index in [0.29, 0.717) is 40.6 Å². The van der Waals surface area contributed by atoms with Gasteiger partial charge in [0.2, 0.25) is 17.7 Å². The number of aryl methyl sites for hydroxylation is 1. The Hall–Kier alpha value is -3.65. The highest BCUT2D eigenvalue weighted by molar-refractivity contribution is 6.31. The van der Waals surface area contributed by atoms with Crippen molar-refractivity contribution in [3.05, 3.63) is 59.1 Å². The van der Waals surface area contributed by atoms with Crippen LogP contribution in [0, 0.1) is 24.7 Å². The van der Waals surface area contributed by atoms with E-state index in [1.54, 1.807) is 43.3 Å². The van der Waals surface area contributed by atoms with Gasteiger partial charge in [0.25, 0.3) is 0 Å². The highest BCUT2D eigenvalue weighted by Gasteiger charge is 2.48. The lowest BCUT2D eigenvalue weighted by molar-refractivity contribution is -0.139. The second-order valence-electron chi connectivity index (χ2n) is 9.26. The number of esters is 1. The van der Waals surface area contributed by atoms with Crippen molar-refractivity contribution in [2.24, 2.45) is 17.8 Å². The molecule has 186 valence electrons. The molecule has 3 atom stereocenters. The van der Waals surface area contributed by atoms with E-state index in [1.165, 1.54) is 16.9 Å². The van der Waals surface area contributed by atoms with Gasteiger partial charge in [-0.2, -0.15) is 0 Å². The van der Waals surface area contributed by atoms with Gasteiger partial charge in [-0.25, -0.2) is 4.90 Å². The van der Waals surface area contributed by atoms with Gasteiger partial charge in [0.15, 0.2) is 0 Å². The Labute approximate surface area is 213 Å². The average Bonchev–Trinajstić information content (AvgIpc) is 3.37. The minimum absolute atomic E-state index is 0.000833. The summed E-state index contributed by atoms with van der Waals surface area (Å²) in [7, 11) is 1.50. The summed E-state index contributed by atoms with van der Waals surface area (Å²) in [5.74, 6) is -1.69. The number of imide groups is 1. The van der Waals surface area contributed by atoms with Crippen LogP contribution in [0.15, 0.2) is 48.6 Å². The van der Waals surface area contributed by atoms with Gasteiger partial charge in [0.05, 0.1) is 36.2 Å². The van der Waals surface area contributed by atoms with E-state index >= 15 is 0 Å². The van der Waals surface area contributed by atoms with E-state index < -0.39 is 11.9 Å². The highest BCUT2D eigenvalue weighted by atomic mass is 35.5. The third-order valence-corrected chi connectivity index (χ3v) is 7.26. The van der Waals surface area contributed by atoms with Crippen LogP contribution >= 0.6 is 11.6 Å². The first kappa shape index (κ1) is 24.1. The molecule has 2 aromatic rings. The Morgan fingerprint density at radius 1 is 0.972 bits per heavy atom. The quantitative estimate of drug-likeness (QED) is 0.261. The Balaban J connectivity index is 1.29. The van der Waals surface area contributed by atoms with Gasteiger partial charge in [-0.15, -0.1) is 0 Å². The number of amides is 3. The number of rotatable bonds is 5.